The molecule has 0 aliphatic carbocycles. The van der Waals surface area contributed by atoms with Crippen LogP contribution in [0.2, 0.25) is 0 Å². The number of phenols is 2. The van der Waals surface area contributed by atoms with E-state index in [1.165, 1.54) is 12.1 Å². The first-order chi connectivity index (χ1) is 10.5. The van der Waals surface area contributed by atoms with Gasteiger partial charge in [0.1, 0.15) is 11.3 Å². The highest BCUT2D eigenvalue weighted by Crippen LogP contribution is 2.36. The monoisotopic (exact) mass is 360 g/mol. The fourth-order valence-corrected chi connectivity index (χ4v) is 2.90. The predicted octanol–water partition coefficient (Wildman–Crippen LogP) is 4.40. The van der Waals surface area contributed by atoms with E-state index in [0.717, 1.165) is 5.39 Å². The number of aryl methyl sites for hydroxylation is 1. The minimum absolute atomic E-state index is 0.252. The molecular weight excluding hydrogens is 348 g/mol. The summed E-state index contributed by atoms with van der Waals surface area (Å²) in [7, 11) is 0. The minimum atomic E-state index is -0.344. The number of ketones is 1. The van der Waals surface area contributed by atoms with Crippen LogP contribution in [0.15, 0.2) is 45.3 Å². The maximum absolute atomic E-state index is 12.8. The molecule has 0 atom stereocenters. The Morgan fingerprint density at radius 1 is 1.23 bits per heavy atom. The normalized spacial score (nSPS) is 11.0. The zero-order valence-electron chi connectivity index (χ0n) is 11.8. The van der Waals surface area contributed by atoms with Crippen molar-refractivity contribution in [1.82, 2.24) is 0 Å². The van der Waals surface area contributed by atoms with E-state index in [2.05, 4.69) is 15.9 Å². The van der Waals surface area contributed by atoms with E-state index < -0.39 is 0 Å². The van der Waals surface area contributed by atoms with Crippen molar-refractivity contribution < 1.29 is 19.4 Å². The van der Waals surface area contributed by atoms with Gasteiger partial charge in [0, 0.05) is 17.4 Å². The van der Waals surface area contributed by atoms with Crippen LogP contribution in [-0.2, 0) is 6.42 Å². The molecule has 0 bridgehead atoms. The Bertz CT molecular complexity index is 856. The van der Waals surface area contributed by atoms with Gasteiger partial charge in [-0.15, -0.1) is 0 Å². The summed E-state index contributed by atoms with van der Waals surface area (Å²) in [5.74, 6) is -0.277. The number of carbonyl (C=O) groups excluding carboxylic acids is 1. The number of hydrogen-bond acceptors (Lipinski definition) is 4. The van der Waals surface area contributed by atoms with Crippen molar-refractivity contribution in [3.05, 3.63) is 57.8 Å². The zero-order chi connectivity index (χ0) is 15.9. The average Bonchev–Trinajstić information content (AvgIpc) is 2.89. The van der Waals surface area contributed by atoms with Crippen molar-refractivity contribution >= 4 is 32.7 Å². The molecule has 1 aromatic heterocycles. The molecule has 2 aromatic carbocycles. The molecule has 0 saturated carbocycles. The summed E-state index contributed by atoms with van der Waals surface area (Å²) in [6.45, 7) is 1.92. The summed E-state index contributed by atoms with van der Waals surface area (Å²) in [4.78, 5) is 12.8. The molecule has 22 heavy (non-hydrogen) atoms. The lowest BCUT2D eigenvalue weighted by Crippen LogP contribution is -2.03. The molecule has 0 aliphatic rings. The van der Waals surface area contributed by atoms with Crippen LogP contribution in [-0.4, -0.2) is 16.0 Å². The molecule has 0 fully saturated rings. The van der Waals surface area contributed by atoms with Crippen LogP contribution in [0.3, 0.4) is 0 Å². The molecule has 4 nitrogen and oxygen atoms in total. The summed E-state index contributed by atoms with van der Waals surface area (Å²) in [6.07, 6.45) is 0.584. The number of phenolic OH excluding ortho intramolecular Hbond substituents is 2. The molecule has 0 amide bonds. The molecule has 0 spiro atoms. The lowest BCUT2D eigenvalue weighted by atomic mass is 9.99. The van der Waals surface area contributed by atoms with Gasteiger partial charge in [0.05, 0.1) is 10.0 Å². The Morgan fingerprint density at radius 3 is 2.64 bits per heavy atom. The summed E-state index contributed by atoms with van der Waals surface area (Å²) >= 11 is 3.13. The lowest BCUT2D eigenvalue weighted by Gasteiger charge is -2.06. The third-order valence-corrected chi connectivity index (χ3v) is 4.13. The van der Waals surface area contributed by atoms with E-state index in [1.807, 2.05) is 31.2 Å². The quantitative estimate of drug-likeness (QED) is 0.536. The maximum atomic E-state index is 12.8. The van der Waals surface area contributed by atoms with Gasteiger partial charge in [-0.3, -0.25) is 4.79 Å². The highest BCUT2D eigenvalue weighted by atomic mass is 79.9. The molecule has 2 N–H and O–H groups in total. The van der Waals surface area contributed by atoms with Crippen LogP contribution in [0.4, 0.5) is 0 Å². The number of fused-ring (bicyclic) bond motifs is 1. The van der Waals surface area contributed by atoms with Crippen LogP contribution in [0.25, 0.3) is 11.0 Å². The summed E-state index contributed by atoms with van der Waals surface area (Å²) < 4.78 is 6.00. The second-order valence-electron chi connectivity index (χ2n) is 4.90. The molecule has 3 rings (SSSR count). The van der Waals surface area contributed by atoms with Crippen molar-refractivity contribution in [2.75, 3.05) is 0 Å². The predicted molar refractivity (Wildman–Crippen MR) is 86.5 cm³/mol. The maximum Gasteiger partial charge on any atom is 0.197 e. The van der Waals surface area contributed by atoms with Crippen LogP contribution in [0, 0.1) is 0 Å². The van der Waals surface area contributed by atoms with Crippen LogP contribution in [0.1, 0.15) is 28.6 Å². The molecule has 0 unspecified atom stereocenters. The Balaban J connectivity index is 2.21. The van der Waals surface area contributed by atoms with Gasteiger partial charge in [-0.2, -0.15) is 0 Å². The van der Waals surface area contributed by atoms with Crippen LogP contribution >= 0.6 is 15.9 Å². The number of aromatic hydroxyl groups is 2. The number of carbonyl (C=O) groups is 1. The molecule has 112 valence electrons. The van der Waals surface area contributed by atoms with Gasteiger partial charge in [-0.1, -0.05) is 25.1 Å². The smallest absolute Gasteiger partial charge is 0.197 e. The Morgan fingerprint density at radius 2 is 1.95 bits per heavy atom. The summed E-state index contributed by atoms with van der Waals surface area (Å²) in [5, 5.41) is 20.0. The molecular formula is C17H13BrO4. The Hall–Kier alpha value is -2.27. The topological polar surface area (TPSA) is 70.7 Å². The van der Waals surface area contributed by atoms with Gasteiger partial charge in [-0.25, -0.2) is 0 Å². The van der Waals surface area contributed by atoms with E-state index >= 15 is 0 Å². The first-order valence-corrected chi connectivity index (χ1v) is 7.58. The first-order valence-electron chi connectivity index (χ1n) is 6.79. The van der Waals surface area contributed by atoms with E-state index in [9.17, 15) is 15.0 Å². The molecule has 3 aromatic rings. The third kappa shape index (κ3) is 2.27. The van der Waals surface area contributed by atoms with Gasteiger partial charge in [0.15, 0.2) is 17.3 Å². The average molecular weight is 361 g/mol. The van der Waals surface area contributed by atoms with Gasteiger partial charge < -0.3 is 14.6 Å². The number of para-hydroxylation sites is 1. The lowest BCUT2D eigenvalue weighted by molar-refractivity contribution is 0.103. The minimum Gasteiger partial charge on any atom is -0.504 e. The van der Waals surface area contributed by atoms with E-state index in [-0.39, 0.29) is 27.3 Å². The van der Waals surface area contributed by atoms with Crippen molar-refractivity contribution in [3.8, 4) is 11.5 Å². The molecule has 1 heterocycles. The summed E-state index contributed by atoms with van der Waals surface area (Å²) in [5.41, 5.74) is 1.43. The van der Waals surface area contributed by atoms with Crippen LogP contribution in [0.5, 0.6) is 11.5 Å². The van der Waals surface area contributed by atoms with E-state index in [4.69, 9.17) is 4.42 Å². The number of rotatable bonds is 3. The van der Waals surface area contributed by atoms with Crippen molar-refractivity contribution in [3.63, 3.8) is 0 Å². The second-order valence-corrected chi connectivity index (χ2v) is 5.76. The first kappa shape index (κ1) is 14.7. The van der Waals surface area contributed by atoms with Gasteiger partial charge in [0.2, 0.25) is 0 Å². The third-order valence-electron chi connectivity index (χ3n) is 3.52. The zero-order valence-corrected chi connectivity index (χ0v) is 13.3. The van der Waals surface area contributed by atoms with Crippen molar-refractivity contribution in [1.29, 1.82) is 0 Å². The van der Waals surface area contributed by atoms with E-state index in [1.54, 1.807) is 0 Å². The van der Waals surface area contributed by atoms with Crippen molar-refractivity contribution in [2.45, 2.75) is 13.3 Å². The Kier molecular flexibility index (Phi) is 3.66. The number of halogens is 1. The highest BCUT2D eigenvalue weighted by Gasteiger charge is 2.22. The standard InChI is InChI=1S/C17H13BrO4/c1-2-13-15(10-5-3-4-6-14(10)22-13)16(20)9-7-11(18)17(21)12(19)8-9/h3-8,19,21H,2H2,1H3. The number of furan rings is 1. The fourth-order valence-electron chi connectivity index (χ4n) is 2.45. The second kappa shape index (κ2) is 5.50. The van der Waals surface area contributed by atoms with Crippen LogP contribution < -0.4 is 0 Å². The molecule has 5 heteroatoms. The SMILES string of the molecule is CCc1oc2ccccc2c1C(=O)c1cc(O)c(O)c(Br)c1. The number of hydrogen-bond donors (Lipinski definition) is 2. The molecule has 0 aliphatic heterocycles. The van der Waals surface area contributed by atoms with Gasteiger partial charge in [-0.05, 0) is 34.1 Å². The van der Waals surface area contributed by atoms with E-state index in [0.29, 0.717) is 23.3 Å². The summed E-state index contributed by atoms with van der Waals surface area (Å²) in [6, 6.07) is 10.1. The molecule has 0 radical (unpaired) electrons. The van der Waals surface area contributed by atoms with Crippen molar-refractivity contribution in [2.24, 2.45) is 0 Å². The largest absolute Gasteiger partial charge is 0.504 e. The van der Waals surface area contributed by atoms with Gasteiger partial charge >= 0.3 is 0 Å². The Labute approximate surface area is 135 Å². The fraction of sp³-hybridized carbons (Fsp3) is 0.118. The van der Waals surface area contributed by atoms with Gasteiger partial charge in [0.25, 0.3) is 0 Å². The number of benzene rings is 2. The molecule has 0 saturated heterocycles. The highest BCUT2D eigenvalue weighted by molar-refractivity contribution is 9.10.